The summed E-state index contributed by atoms with van der Waals surface area (Å²) in [5, 5.41) is 3.60. The molecule has 5 rings (SSSR count). The van der Waals surface area contributed by atoms with Crippen molar-refractivity contribution in [3.63, 3.8) is 0 Å². The summed E-state index contributed by atoms with van der Waals surface area (Å²) in [5.41, 5.74) is -1.25. The largest absolute Gasteiger partial charge is 0.456 e. The number of ether oxygens (including phenoxy) is 2. The molecule has 4 aromatic rings. The first kappa shape index (κ1) is 39.4. The number of cyclic esters (lactones) is 1. The van der Waals surface area contributed by atoms with E-state index in [0.29, 0.717) is 16.9 Å². The zero-order chi connectivity index (χ0) is 38.2. The summed E-state index contributed by atoms with van der Waals surface area (Å²) >= 11 is 11.4. The highest BCUT2D eigenvalue weighted by Gasteiger charge is 2.31. The van der Waals surface area contributed by atoms with Gasteiger partial charge in [0.25, 0.3) is 12.3 Å². The van der Waals surface area contributed by atoms with E-state index in [1.54, 1.807) is 17.4 Å². The van der Waals surface area contributed by atoms with Gasteiger partial charge in [0.2, 0.25) is 0 Å². The molecular formula is C33H22Cl2F8N4O5. The molecule has 0 unspecified atom stereocenters. The molecule has 19 heteroatoms. The minimum Gasteiger partial charge on any atom is -0.456 e. The van der Waals surface area contributed by atoms with Gasteiger partial charge in [0.1, 0.15) is 46.3 Å². The Bertz CT molecular complexity index is 1960. The monoisotopic (exact) mass is 776 g/mol. The number of aromatic nitrogens is 1. The average Bonchev–Trinajstić information content (AvgIpc) is 3.49. The maximum Gasteiger partial charge on any atom is 0.416 e. The Balaban J connectivity index is 0.000000269. The molecule has 0 saturated carbocycles. The zero-order valence-electron chi connectivity index (χ0n) is 25.9. The summed E-state index contributed by atoms with van der Waals surface area (Å²) in [6.45, 7) is -0.228. The first-order chi connectivity index (χ1) is 24.5. The molecule has 52 heavy (non-hydrogen) atoms. The van der Waals surface area contributed by atoms with Crippen molar-refractivity contribution < 1.29 is 59.0 Å². The molecular weight excluding hydrogens is 755 g/mol. The summed E-state index contributed by atoms with van der Waals surface area (Å²) < 4.78 is 115. The number of alkyl halides is 5. The van der Waals surface area contributed by atoms with Gasteiger partial charge in [-0.25, -0.2) is 36.5 Å². The average molecular weight is 777 g/mol. The third-order valence-corrected chi connectivity index (χ3v) is 7.19. The molecule has 0 radical (unpaired) electrons. The molecule has 1 aromatic heterocycles. The van der Waals surface area contributed by atoms with E-state index in [4.69, 9.17) is 32.7 Å². The molecule has 3 amide bonds. The van der Waals surface area contributed by atoms with E-state index in [0.717, 1.165) is 54.1 Å². The van der Waals surface area contributed by atoms with Crippen LogP contribution in [0.5, 0.6) is 11.5 Å². The van der Waals surface area contributed by atoms with Crippen LogP contribution in [0, 0.1) is 17.5 Å². The number of esters is 1. The van der Waals surface area contributed by atoms with Crippen molar-refractivity contribution in [2.75, 3.05) is 18.5 Å². The van der Waals surface area contributed by atoms with Gasteiger partial charge in [-0.1, -0.05) is 35.3 Å². The Labute approximate surface area is 298 Å². The summed E-state index contributed by atoms with van der Waals surface area (Å²) in [7, 11) is 0. The normalized spacial score (nSPS) is 12.4. The molecule has 1 aliphatic heterocycles. The number of hydrogen-bond donors (Lipinski definition) is 2. The van der Waals surface area contributed by atoms with Gasteiger partial charge >= 0.3 is 18.2 Å². The van der Waals surface area contributed by atoms with Crippen molar-refractivity contribution in [2.24, 2.45) is 0 Å². The molecule has 0 fully saturated rings. The Morgan fingerprint density at radius 2 is 1.67 bits per heavy atom. The molecule has 274 valence electrons. The number of anilines is 1. The number of rotatable bonds is 9. The van der Waals surface area contributed by atoms with Crippen molar-refractivity contribution in [3.05, 3.63) is 129 Å². The maximum atomic E-state index is 14.3. The predicted molar refractivity (Wildman–Crippen MR) is 170 cm³/mol. The minimum absolute atomic E-state index is 0.0204. The quantitative estimate of drug-likeness (QED) is 0.0994. The van der Waals surface area contributed by atoms with Crippen LogP contribution in [0.1, 0.15) is 21.5 Å². The fourth-order valence-corrected chi connectivity index (χ4v) is 4.63. The summed E-state index contributed by atoms with van der Waals surface area (Å²) in [6.07, 6.45) is -4.37. The molecule has 0 spiro atoms. The fraction of sp³-hybridized carbons (Fsp3) is 0.152. The van der Waals surface area contributed by atoms with Crippen LogP contribution in [0.2, 0.25) is 10.2 Å². The number of carbonyl (C=O) groups is 3. The van der Waals surface area contributed by atoms with Crippen molar-refractivity contribution in [2.45, 2.75) is 19.1 Å². The lowest BCUT2D eigenvalue weighted by Crippen LogP contribution is -2.35. The van der Waals surface area contributed by atoms with Crippen LogP contribution < -0.4 is 15.4 Å². The number of halogens is 10. The molecule has 2 N–H and O–H groups in total. The molecule has 1 aliphatic rings. The van der Waals surface area contributed by atoms with Gasteiger partial charge in [-0.2, -0.15) is 13.2 Å². The second-order valence-electron chi connectivity index (χ2n) is 10.4. The van der Waals surface area contributed by atoms with Crippen LogP contribution in [-0.4, -0.2) is 47.4 Å². The van der Waals surface area contributed by atoms with Crippen LogP contribution in [-0.2, 0) is 22.3 Å². The Morgan fingerprint density at radius 3 is 2.23 bits per heavy atom. The third kappa shape index (κ3) is 11.0. The number of benzene rings is 3. The Hall–Kier alpha value is -5.42. The maximum absolute atomic E-state index is 14.3. The number of nitrogens with one attached hydrogen (secondary N) is 2. The number of pyridine rings is 1. The topological polar surface area (TPSA) is 110 Å². The summed E-state index contributed by atoms with van der Waals surface area (Å²) in [6, 6.07) is 9.97. The van der Waals surface area contributed by atoms with E-state index >= 15 is 0 Å². The highest BCUT2D eigenvalue weighted by Crippen LogP contribution is 2.37. The third-order valence-electron chi connectivity index (χ3n) is 6.67. The zero-order valence-corrected chi connectivity index (χ0v) is 27.4. The van der Waals surface area contributed by atoms with E-state index in [1.807, 2.05) is 5.32 Å². The van der Waals surface area contributed by atoms with Gasteiger partial charge in [0.05, 0.1) is 28.5 Å². The van der Waals surface area contributed by atoms with Crippen molar-refractivity contribution >= 4 is 46.8 Å². The van der Waals surface area contributed by atoms with Crippen molar-refractivity contribution in [3.8, 4) is 11.5 Å². The number of urea groups is 1. The number of imide groups is 1. The molecule has 0 atom stereocenters. The van der Waals surface area contributed by atoms with E-state index in [2.05, 4.69) is 4.98 Å². The molecule has 0 saturated heterocycles. The predicted octanol–water partition coefficient (Wildman–Crippen LogP) is 8.77. The fourth-order valence-electron chi connectivity index (χ4n) is 4.30. The number of amides is 3. The Kier molecular flexibility index (Phi) is 13.0. The van der Waals surface area contributed by atoms with Gasteiger partial charge in [-0.3, -0.25) is 10.1 Å². The van der Waals surface area contributed by atoms with E-state index in [1.165, 1.54) is 17.2 Å². The lowest BCUT2D eigenvalue weighted by atomic mass is 10.2. The molecule has 2 heterocycles. The molecule has 0 bridgehead atoms. The van der Waals surface area contributed by atoms with Crippen LogP contribution >= 0.6 is 23.2 Å². The van der Waals surface area contributed by atoms with Crippen LogP contribution in [0.15, 0.2) is 84.7 Å². The van der Waals surface area contributed by atoms with Gasteiger partial charge in [0.15, 0.2) is 0 Å². The molecule has 9 nitrogen and oxygen atoms in total. The van der Waals surface area contributed by atoms with Gasteiger partial charge in [-0.05, 0) is 54.1 Å². The SMILES string of the molecule is O=C(NC(=O)c1c(F)cccc1F)Nc1ccc(Oc2ccc(C(F)(F)F)cc2Cl)cc1F.O=C1C=C(N(Cc2ccc(Cl)nc2)CC(F)F)CO1. The minimum atomic E-state index is -4.61. The lowest BCUT2D eigenvalue weighted by Gasteiger charge is -2.24. The molecule has 3 aromatic carbocycles. The highest BCUT2D eigenvalue weighted by molar-refractivity contribution is 6.32. The van der Waals surface area contributed by atoms with Gasteiger partial charge < -0.3 is 19.7 Å². The van der Waals surface area contributed by atoms with E-state index in [-0.39, 0.29) is 29.7 Å². The van der Waals surface area contributed by atoms with Crippen LogP contribution in [0.25, 0.3) is 0 Å². The number of nitrogens with zero attached hydrogens (tertiary/aromatic N) is 2. The highest BCUT2D eigenvalue weighted by atomic mass is 35.5. The Morgan fingerprint density at radius 1 is 0.962 bits per heavy atom. The van der Waals surface area contributed by atoms with Crippen molar-refractivity contribution in [1.82, 2.24) is 15.2 Å². The smallest absolute Gasteiger partial charge is 0.416 e. The van der Waals surface area contributed by atoms with E-state index < -0.39 is 71.3 Å². The summed E-state index contributed by atoms with van der Waals surface area (Å²) in [4.78, 5) is 40.1. The van der Waals surface area contributed by atoms with Crippen LogP contribution in [0.3, 0.4) is 0 Å². The number of carbonyl (C=O) groups excluding carboxylic acids is 3. The first-order valence-corrected chi connectivity index (χ1v) is 15.2. The lowest BCUT2D eigenvalue weighted by molar-refractivity contribution is -0.137. The van der Waals surface area contributed by atoms with Crippen molar-refractivity contribution in [1.29, 1.82) is 0 Å². The van der Waals surface area contributed by atoms with Gasteiger partial charge in [0, 0.05) is 24.9 Å². The molecule has 0 aliphatic carbocycles. The standard InChI is InChI=1S/C21H11ClF6N2O3.C12H11ClF2N2O2/c22-12-8-10(21(26,27)28)4-7-17(12)33-11-5-6-16(15(25)9-11)29-20(32)30-19(31)18-13(23)2-1-3-14(18)24;13-10-2-1-8(4-16-10)5-17(6-11(14)15)9-3-12(18)19-7-9/h1-9H,(H2,29,30,31,32);1-4,11H,5-7H2. The first-order valence-electron chi connectivity index (χ1n) is 14.4. The second-order valence-corrected chi connectivity index (χ2v) is 11.2. The van der Waals surface area contributed by atoms with E-state index in [9.17, 15) is 49.5 Å². The number of hydrogen-bond acceptors (Lipinski definition) is 7. The second kappa shape index (κ2) is 17.2. The van der Waals surface area contributed by atoms with Crippen LogP contribution in [0.4, 0.5) is 45.6 Å². The van der Waals surface area contributed by atoms with Gasteiger partial charge in [-0.15, -0.1) is 0 Å². The summed E-state index contributed by atoms with van der Waals surface area (Å²) in [5.74, 6) is -5.69.